The largest absolute Gasteiger partial charge is 0.347 e. The van der Waals surface area contributed by atoms with E-state index in [1.54, 1.807) is 0 Å². The Morgan fingerprint density at radius 1 is 1.28 bits per heavy atom. The monoisotopic (exact) mass is 247 g/mol. The van der Waals surface area contributed by atoms with Gasteiger partial charge in [0.2, 0.25) is 0 Å². The van der Waals surface area contributed by atoms with E-state index < -0.39 is 0 Å². The number of hydrogen-bond donors (Lipinski definition) is 0. The van der Waals surface area contributed by atoms with Gasteiger partial charge in [-0.1, -0.05) is 0 Å². The molecule has 2 aliphatic heterocycles. The molecule has 0 aliphatic carbocycles. The summed E-state index contributed by atoms with van der Waals surface area (Å²) in [6, 6.07) is 4.43. The van der Waals surface area contributed by atoms with Gasteiger partial charge in [0.05, 0.1) is 0 Å². The number of rotatable bonds is 2. The van der Waals surface area contributed by atoms with E-state index in [0.717, 1.165) is 25.2 Å². The summed E-state index contributed by atoms with van der Waals surface area (Å²) in [4.78, 5) is 16.9. The molecular weight excluding hydrogens is 226 g/mol. The molecule has 1 aromatic heterocycles. The normalized spacial score (nSPS) is 24.9. The van der Waals surface area contributed by atoms with Crippen molar-refractivity contribution < 1.29 is 4.79 Å². The smallest absolute Gasteiger partial charge is 0.270 e. The first kappa shape index (κ1) is 11.8. The maximum absolute atomic E-state index is 12.4. The molecule has 1 unspecified atom stereocenters. The lowest BCUT2D eigenvalue weighted by Gasteiger charge is -2.23. The first-order valence-corrected chi connectivity index (χ1v) is 6.90. The molecule has 1 amide bonds. The van der Waals surface area contributed by atoms with Crippen molar-refractivity contribution in [3.63, 3.8) is 0 Å². The molecule has 98 valence electrons. The van der Waals surface area contributed by atoms with Crippen LogP contribution in [0.15, 0.2) is 18.3 Å². The second kappa shape index (κ2) is 4.76. The Bertz CT molecular complexity index is 434. The summed E-state index contributed by atoms with van der Waals surface area (Å²) >= 11 is 0. The van der Waals surface area contributed by atoms with Crippen LogP contribution in [0.1, 0.15) is 29.8 Å². The van der Waals surface area contributed by atoms with Gasteiger partial charge in [0.15, 0.2) is 0 Å². The highest BCUT2D eigenvalue weighted by atomic mass is 16.2. The third-order valence-electron chi connectivity index (χ3n) is 4.27. The van der Waals surface area contributed by atoms with Crippen LogP contribution in [0.2, 0.25) is 0 Å². The summed E-state index contributed by atoms with van der Waals surface area (Å²) in [5.41, 5.74) is 0.803. The van der Waals surface area contributed by atoms with Crippen LogP contribution in [0, 0.1) is 0 Å². The highest BCUT2D eigenvalue weighted by molar-refractivity contribution is 5.93. The van der Waals surface area contributed by atoms with E-state index in [1.165, 1.54) is 25.9 Å². The minimum atomic E-state index is 0.184. The van der Waals surface area contributed by atoms with Crippen molar-refractivity contribution in [2.45, 2.75) is 25.3 Å². The molecule has 0 spiro atoms. The molecule has 0 saturated carbocycles. The zero-order valence-corrected chi connectivity index (χ0v) is 11.0. The molecule has 1 aromatic rings. The van der Waals surface area contributed by atoms with Gasteiger partial charge >= 0.3 is 0 Å². The second-order valence-electron chi connectivity index (χ2n) is 5.44. The minimum Gasteiger partial charge on any atom is -0.347 e. The van der Waals surface area contributed by atoms with Crippen LogP contribution in [0.4, 0.5) is 0 Å². The first-order chi connectivity index (χ1) is 8.75. The molecule has 2 fully saturated rings. The van der Waals surface area contributed by atoms with Gasteiger partial charge in [-0.25, -0.2) is 0 Å². The van der Waals surface area contributed by atoms with Crippen LogP contribution in [-0.2, 0) is 7.05 Å². The molecule has 0 radical (unpaired) electrons. The van der Waals surface area contributed by atoms with Crippen molar-refractivity contribution in [2.24, 2.45) is 7.05 Å². The van der Waals surface area contributed by atoms with Gasteiger partial charge in [-0.05, 0) is 44.5 Å². The SMILES string of the molecule is Cn1cccc1C(=O)N1CCC(N2CCCC2)C1. The third kappa shape index (κ3) is 2.05. The molecule has 3 rings (SSSR count). The standard InChI is InChI=1S/C14H21N3O/c1-15-7-4-5-13(15)14(18)17-10-6-12(11-17)16-8-2-3-9-16/h4-5,7,12H,2-3,6,8-11H2,1H3. The van der Waals surface area contributed by atoms with Crippen LogP contribution in [0.3, 0.4) is 0 Å². The summed E-state index contributed by atoms with van der Waals surface area (Å²) in [6.45, 7) is 4.25. The third-order valence-corrected chi connectivity index (χ3v) is 4.27. The number of carbonyl (C=O) groups excluding carboxylic acids is 1. The fourth-order valence-corrected chi connectivity index (χ4v) is 3.18. The Morgan fingerprint density at radius 2 is 2.06 bits per heavy atom. The number of hydrogen-bond acceptors (Lipinski definition) is 2. The highest BCUT2D eigenvalue weighted by Gasteiger charge is 2.32. The lowest BCUT2D eigenvalue weighted by atomic mass is 10.2. The predicted molar refractivity (Wildman–Crippen MR) is 70.5 cm³/mol. The van der Waals surface area contributed by atoms with Gasteiger partial charge in [-0.3, -0.25) is 9.69 Å². The van der Waals surface area contributed by atoms with Gasteiger partial charge in [0.25, 0.3) is 5.91 Å². The van der Waals surface area contributed by atoms with E-state index in [4.69, 9.17) is 0 Å². The predicted octanol–water partition coefficient (Wildman–Crippen LogP) is 1.34. The second-order valence-corrected chi connectivity index (χ2v) is 5.44. The van der Waals surface area contributed by atoms with Crippen LogP contribution >= 0.6 is 0 Å². The Hall–Kier alpha value is -1.29. The molecule has 0 bridgehead atoms. The van der Waals surface area contributed by atoms with Gasteiger partial charge in [-0.15, -0.1) is 0 Å². The highest BCUT2D eigenvalue weighted by Crippen LogP contribution is 2.21. The van der Waals surface area contributed by atoms with E-state index in [0.29, 0.717) is 6.04 Å². The van der Waals surface area contributed by atoms with Gasteiger partial charge < -0.3 is 9.47 Å². The lowest BCUT2D eigenvalue weighted by molar-refractivity contribution is 0.0770. The summed E-state index contributed by atoms with van der Waals surface area (Å²) in [6.07, 6.45) is 5.71. The molecule has 4 heteroatoms. The molecule has 3 heterocycles. The minimum absolute atomic E-state index is 0.184. The maximum Gasteiger partial charge on any atom is 0.270 e. The van der Waals surface area contributed by atoms with Crippen molar-refractivity contribution >= 4 is 5.91 Å². The van der Waals surface area contributed by atoms with Crippen molar-refractivity contribution in [1.29, 1.82) is 0 Å². The Labute approximate surface area is 108 Å². The summed E-state index contributed by atoms with van der Waals surface area (Å²) in [5, 5.41) is 0. The molecule has 0 aromatic carbocycles. The number of aryl methyl sites for hydroxylation is 1. The molecule has 2 aliphatic rings. The van der Waals surface area contributed by atoms with Crippen molar-refractivity contribution in [1.82, 2.24) is 14.4 Å². The topological polar surface area (TPSA) is 28.5 Å². The number of aromatic nitrogens is 1. The Kier molecular flexibility index (Phi) is 3.12. The van der Waals surface area contributed by atoms with E-state index in [1.807, 2.05) is 34.8 Å². The van der Waals surface area contributed by atoms with Crippen LogP contribution in [0.5, 0.6) is 0 Å². The number of likely N-dealkylation sites (tertiary alicyclic amines) is 2. The maximum atomic E-state index is 12.4. The van der Waals surface area contributed by atoms with Crippen molar-refractivity contribution in [2.75, 3.05) is 26.2 Å². The molecule has 0 N–H and O–H groups in total. The van der Waals surface area contributed by atoms with Crippen LogP contribution < -0.4 is 0 Å². The van der Waals surface area contributed by atoms with E-state index >= 15 is 0 Å². The van der Waals surface area contributed by atoms with Crippen LogP contribution in [0.25, 0.3) is 0 Å². The summed E-state index contributed by atoms with van der Waals surface area (Å²) < 4.78 is 1.91. The molecular formula is C14H21N3O. The van der Waals surface area contributed by atoms with Crippen LogP contribution in [-0.4, -0.2) is 52.5 Å². The quantitative estimate of drug-likeness (QED) is 0.789. The Balaban J connectivity index is 1.65. The van der Waals surface area contributed by atoms with Gasteiger partial charge in [0, 0.05) is 32.4 Å². The van der Waals surface area contributed by atoms with Gasteiger partial charge in [0.1, 0.15) is 5.69 Å². The fourth-order valence-electron chi connectivity index (χ4n) is 3.18. The molecule has 4 nitrogen and oxygen atoms in total. The van der Waals surface area contributed by atoms with E-state index in [2.05, 4.69) is 4.90 Å². The molecule has 1 atom stereocenters. The average Bonchev–Trinajstić information content (AvgIpc) is 3.09. The molecule has 2 saturated heterocycles. The van der Waals surface area contributed by atoms with Crippen molar-refractivity contribution in [3.05, 3.63) is 24.0 Å². The lowest BCUT2D eigenvalue weighted by Crippen LogP contribution is -2.37. The van der Waals surface area contributed by atoms with Gasteiger partial charge in [-0.2, -0.15) is 0 Å². The molecule has 18 heavy (non-hydrogen) atoms. The zero-order valence-electron chi connectivity index (χ0n) is 11.0. The zero-order chi connectivity index (χ0) is 12.5. The number of nitrogens with zero attached hydrogens (tertiary/aromatic N) is 3. The van der Waals surface area contributed by atoms with E-state index in [9.17, 15) is 4.79 Å². The average molecular weight is 247 g/mol. The fraction of sp³-hybridized carbons (Fsp3) is 0.643. The summed E-state index contributed by atoms with van der Waals surface area (Å²) in [5.74, 6) is 0.184. The number of amides is 1. The van der Waals surface area contributed by atoms with E-state index in [-0.39, 0.29) is 5.91 Å². The first-order valence-electron chi connectivity index (χ1n) is 6.90. The number of carbonyl (C=O) groups is 1. The summed E-state index contributed by atoms with van der Waals surface area (Å²) in [7, 11) is 1.93. The van der Waals surface area contributed by atoms with Crippen molar-refractivity contribution in [3.8, 4) is 0 Å². The Morgan fingerprint density at radius 3 is 2.72 bits per heavy atom.